The smallest absolute Gasteiger partial charge is 0.244 e. The summed E-state index contributed by atoms with van der Waals surface area (Å²) in [6, 6.07) is 4.97. The molecular weight excluding hydrogens is 216 g/mol. The predicted octanol–water partition coefficient (Wildman–Crippen LogP) is 1.13. The molecule has 1 rings (SSSR count). The number of nitrogen functional groups attached to an aromatic ring is 2. The molecule has 94 valence electrons. The lowest BCUT2D eigenvalue weighted by molar-refractivity contribution is -0.130. The molecule has 0 fully saturated rings. The topological polar surface area (TPSA) is 84.4 Å². The fourth-order valence-corrected chi connectivity index (χ4v) is 1.46. The molecule has 5 nitrogen and oxygen atoms in total. The highest BCUT2D eigenvalue weighted by molar-refractivity contribution is 5.84. The molecule has 0 bridgehead atoms. The van der Waals surface area contributed by atoms with Crippen LogP contribution in [0.15, 0.2) is 18.2 Å². The second-order valence-electron chi connectivity index (χ2n) is 4.06. The van der Waals surface area contributed by atoms with Crippen LogP contribution in [0.3, 0.4) is 0 Å². The first-order valence-corrected chi connectivity index (χ1v) is 5.62. The Kier molecular flexibility index (Phi) is 4.20. The lowest BCUT2D eigenvalue weighted by Crippen LogP contribution is -2.38. The van der Waals surface area contributed by atoms with E-state index in [1.54, 1.807) is 30.1 Å². The molecule has 0 radical (unpaired) electrons. The van der Waals surface area contributed by atoms with Gasteiger partial charge in [0, 0.05) is 19.3 Å². The predicted molar refractivity (Wildman–Crippen MR) is 71.7 cm³/mol. The molecule has 1 amide bonds. The van der Waals surface area contributed by atoms with Crippen LogP contribution in [-0.4, -0.2) is 30.4 Å². The number of carbonyl (C=O) groups excluding carboxylic acids is 1. The van der Waals surface area contributed by atoms with E-state index < -0.39 is 0 Å². The first-order valence-electron chi connectivity index (χ1n) is 5.62. The lowest BCUT2D eigenvalue weighted by atomic mass is 10.2. The summed E-state index contributed by atoms with van der Waals surface area (Å²) < 4.78 is 0. The molecule has 0 aliphatic rings. The maximum Gasteiger partial charge on any atom is 0.244 e. The summed E-state index contributed by atoms with van der Waals surface area (Å²) in [5.74, 6) is 0.0443. The summed E-state index contributed by atoms with van der Waals surface area (Å²) in [5.41, 5.74) is 13.2. The van der Waals surface area contributed by atoms with Crippen LogP contribution in [0.2, 0.25) is 0 Å². The van der Waals surface area contributed by atoms with Gasteiger partial charge in [-0.25, -0.2) is 0 Å². The summed E-state index contributed by atoms with van der Waals surface area (Å²) in [5, 5.41) is 3.10. The standard InChI is InChI=1S/C12H20N4O/c1-4-16(3)12(17)8(2)15-9-5-6-10(13)11(14)7-9/h5-8,15H,4,13-14H2,1-3H3. The van der Waals surface area contributed by atoms with E-state index in [-0.39, 0.29) is 11.9 Å². The summed E-state index contributed by atoms with van der Waals surface area (Å²) in [6.07, 6.45) is 0. The minimum Gasteiger partial charge on any atom is -0.397 e. The van der Waals surface area contributed by atoms with Crippen molar-refractivity contribution in [2.75, 3.05) is 30.4 Å². The van der Waals surface area contributed by atoms with Gasteiger partial charge in [-0.2, -0.15) is 0 Å². The second kappa shape index (κ2) is 5.43. The van der Waals surface area contributed by atoms with Crippen LogP contribution in [-0.2, 0) is 4.79 Å². The molecule has 0 saturated carbocycles. The Morgan fingerprint density at radius 3 is 2.59 bits per heavy atom. The highest BCUT2D eigenvalue weighted by Crippen LogP contribution is 2.20. The third-order valence-electron chi connectivity index (χ3n) is 2.69. The molecule has 0 heterocycles. The second-order valence-corrected chi connectivity index (χ2v) is 4.06. The number of rotatable bonds is 4. The van der Waals surface area contributed by atoms with Crippen molar-refractivity contribution in [3.8, 4) is 0 Å². The van der Waals surface area contributed by atoms with Crippen LogP contribution in [0.25, 0.3) is 0 Å². The lowest BCUT2D eigenvalue weighted by Gasteiger charge is -2.21. The number of hydrogen-bond donors (Lipinski definition) is 3. The zero-order valence-corrected chi connectivity index (χ0v) is 10.5. The number of nitrogens with two attached hydrogens (primary N) is 2. The number of anilines is 3. The largest absolute Gasteiger partial charge is 0.397 e. The van der Waals surface area contributed by atoms with Crippen molar-refractivity contribution in [3.05, 3.63) is 18.2 Å². The van der Waals surface area contributed by atoms with Crippen LogP contribution in [0.5, 0.6) is 0 Å². The Labute approximate surface area is 102 Å². The highest BCUT2D eigenvalue weighted by Gasteiger charge is 2.15. The van der Waals surface area contributed by atoms with Crippen molar-refractivity contribution < 1.29 is 4.79 Å². The van der Waals surface area contributed by atoms with E-state index in [1.807, 2.05) is 13.8 Å². The number of amides is 1. The number of nitrogens with zero attached hydrogens (tertiary/aromatic N) is 1. The summed E-state index contributed by atoms with van der Waals surface area (Å²) >= 11 is 0. The van der Waals surface area contributed by atoms with E-state index in [0.717, 1.165) is 5.69 Å². The first-order chi connectivity index (χ1) is 7.95. The summed E-state index contributed by atoms with van der Waals surface area (Å²) in [7, 11) is 1.78. The van der Waals surface area contributed by atoms with E-state index in [9.17, 15) is 4.79 Å². The molecule has 1 aromatic rings. The van der Waals surface area contributed by atoms with Gasteiger partial charge in [-0.15, -0.1) is 0 Å². The monoisotopic (exact) mass is 236 g/mol. The SMILES string of the molecule is CCN(C)C(=O)C(C)Nc1ccc(N)c(N)c1. The van der Waals surface area contributed by atoms with Gasteiger partial charge in [0.15, 0.2) is 0 Å². The Morgan fingerprint density at radius 2 is 2.06 bits per heavy atom. The molecule has 5 heteroatoms. The average molecular weight is 236 g/mol. The van der Waals surface area contributed by atoms with E-state index in [4.69, 9.17) is 11.5 Å². The minimum atomic E-state index is -0.289. The van der Waals surface area contributed by atoms with Gasteiger partial charge in [0.05, 0.1) is 11.4 Å². The number of benzene rings is 1. The molecule has 0 aliphatic carbocycles. The fourth-order valence-electron chi connectivity index (χ4n) is 1.46. The summed E-state index contributed by atoms with van der Waals surface area (Å²) in [6.45, 7) is 4.45. The van der Waals surface area contributed by atoms with Crippen LogP contribution >= 0.6 is 0 Å². The van der Waals surface area contributed by atoms with E-state index in [1.165, 1.54) is 0 Å². The molecular formula is C12H20N4O. The molecule has 1 atom stereocenters. The zero-order valence-electron chi connectivity index (χ0n) is 10.5. The van der Waals surface area contributed by atoms with Crippen molar-refractivity contribution in [1.29, 1.82) is 0 Å². The van der Waals surface area contributed by atoms with E-state index >= 15 is 0 Å². The van der Waals surface area contributed by atoms with Gasteiger partial charge in [-0.1, -0.05) is 0 Å². The fraction of sp³-hybridized carbons (Fsp3) is 0.417. The highest BCUT2D eigenvalue weighted by atomic mass is 16.2. The number of carbonyl (C=O) groups is 1. The third kappa shape index (κ3) is 3.27. The van der Waals surface area contributed by atoms with Crippen molar-refractivity contribution in [2.45, 2.75) is 19.9 Å². The Hall–Kier alpha value is -1.91. The van der Waals surface area contributed by atoms with Gasteiger partial charge in [0.1, 0.15) is 6.04 Å². The van der Waals surface area contributed by atoms with Gasteiger partial charge in [0.25, 0.3) is 0 Å². The molecule has 17 heavy (non-hydrogen) atoms. The van der Waals surface area contributed by atoms with E-state index in [0.29, 0.717) is 17.9 Å². The van der Waals surface area contributed by atoms with Gasteiger partial charge in [0.2, 0.25) is 5.91 Å². The van der Waals surface area contributed by atoms with Crippen molar-refractivity contribution >= 4 is 23.0 Å². The van der Waals surface area contributed by atoms with Crippen molar-refractivity contribution in [3.63, 3.8) is 0 Å². The van der Waals surface area contributed by atoms with Crippen LogP contribution in [0.4, 0.5) is 17.1 Å². The molecule has 1 unspecified atom stereocenters. The first kappa shape index (κ1) is 13.2. The quantitative estimate of drug-likeness (QED) is 0.684. The zero-order chi connectivity index (χ0) is 13.0. The molecule has 0 aromatic heterocycles. The Morgan fingerprint density at radius 1 is 1.41 bits per heavy atom. The van der Waals surface area contributed by atoms with Gasteiger partial charge >= 0.3 is 0 Å². The average Bonchev–Trinajstić information content (AvgIpc) is 2.31. The molecule has 0 saturated heterocycles. The van der Waals surface area contributed by atoms with Crippen molar-refractivity contribution in [2.24, 2.45) is 0 Å². The molecule has 1 aromatic carbocycles. The van der Waals surface area contributed by atoms with Crippen LogP contribution in [0, 0.1) is 0 Å². The van der Waals surface area contributed by atoms with Gasteiger partial charge < -0.3 is 21.7 Å². The number of likely N-dealkylation sites (N-methyl/N-ethyl adjacent to an activating group) is 1. The third-order valence-corrected chi connectivity index (χ3v) is 2.69. The van der Waals surface area contributed by atoms with Gasteiger partial charge in [-0.05, 0) is 32.0 Å². The van der Waals surface area contributed by atoms with E-state index in [2.05, 4.69) is 5.32 Å². The maximum atomic E-state index is 11.8. The molecule has 0 aliphatic heterocycles. The maximum absolute atomic E-state index is 11.8. The Bertz CT molecular complexity index is 405. The number of hydrogen-bond acceptors (Lipinski definition) is 4. The van der Waals surface area contributed by atoms with Gasteiger partial charge in [-0.3, -0.25) is 4.79 Å². The Balaban J connectivity index is 2.71. The molecule has 5 N–H and O–H groups in total. The summed E-state index contributed by atoms with van der Waals surface area (Å²) in [4.78, 5) is 13.5. The minimum absolute atomic E-state index is 0.0443. The van der Waals surface area contributed by atoms with Crippen LogP contribution < -0.4 is 16.8 Å². The normalized spacial score (nSPS) is 11.9. The molecule has 0 spiro atoms. The van der Waals surface area contributed by atoms with Crippen LogP contribution in [0.1, 0.15) is 13.8 Å². The number of nitrogens with one attached hydrogen (secondary N) is 1. The van der Waals surface area contributed by atoms with Crippen molar-refractivity contribution in [1.82, 2.24) is 4.90 Å².